The molecule has 1 aromatic carbocycles. The van der Waals surface area contributed by atoms with Crippen LogP contribution in [0.4, 0.5) is 0 Å². The normalized spacial score (nSPS) is 10.4. The van der Waals surface area contributed by atoms with E-state index in [0.717, 1.165) is 10.1 Å². The Morgan fingerprint density at radius 3 is 3.20 bits per heavy atom. The van der Waals surface area contributed by atoms with Gasteiger partial charge in [-0.25, -0.2) is 0 Å². The lowest BCUT2D eigenvalue weighted by Crippen LogP contribution is -1.60. The van der Waals surface area contributed by atoms with Crippen molar-refractivity contribution in [2.24, 2.45) is 0 Å². The Labute approximate surface area is 62.5 Å². The van der Waals surface area contributed by atoms with Gasteiger partial charge in [-0.3, -0.25) is 0 Å². The minimum atomic E-state index is 0.358. The molecule has 0 amide bonds. The third-order valence-electron chi connectivity index (χ3n) is 1.40. The van der Waals surface area contributed by atoms with Crippen LogP contribution >= 0.6 is 11.3 Å². The van der Waals surface area contributed by atoms with E-state index in [1.54, 1.807) is 22.8 Å². The molecule has 2 aromatic rings. The number of benzene rings is 1. The lowest BCUT2D eigenvalue weighted by atomic mass is 10.2. The van der Waals surface area contributed by atoms with E-state index in [1.165, 1.54) is 0 Å². The van der Waals surface area contributed by atoms with Crippen molar-refractivity contribution >= 4 is 21.4 Å². The van der Waals surface area contributed by atoms with Crippen LogP contribution in [0.2, 0.25) is 0 Å². The second-order valence-corrected chi connectivity index (χ2v) is 2.95. The lowest BCUT2D eigenvalue weighted by Gasteiger charge is -1.85. The van der Waals surface area contributed by atoms with Crippen LogP contribution in [0.25, 0.3) is 10.1 Å². The molecule has 49 valence electrons. The van der Waals surface area contributed by atoms with Crippen molar-refractivity contribution in [1.82, 2.24) is 0 Å². The van der Waals surface area contributed by atoms with Crippen LogP contribution in [0.1, 0.15) is 0 Å². The molecule has 0 unspecified atom stereocenters. The lowest BCUT2D eigenvalue weighted by molar-refractivity contribution is 0.483. The summed E-state index contributed by atoms with van der Waals surface area (Å²) in [7, 11) is 0. The Hall–Kier alpha value is -1.02. The summed E-state index contributed by atoms with van der Waals surface area (Å²) in [6, 6.07) is 8.49. The first-order chi connectivity index (χ1) is 4.88. The van der Waals surface area contributed by atoms with Gasteiger partial charge in [-0.15, -0.1) is 11.3 Å². The second-order valence-electron chi connectivity index (χ2n) is 2.04. The number of hydrogen-bond acceptors (Lipinski definition) is 2. The molecule has 0 bridgehead atoms. The maximum atomic E-state index is 9.20. The molecule has 0 saturated carbocycles. The maximum Gasteiger partial charge on any atom is 0.134 e. The molecule has 1 radical (unpaired) electrons. The molecule has 0 aliphatic rings. The van der Waals surface area contributed by atoms with E-state index in [0.29, 0.717) is 5.75 Å². The predicted molar refractivity (Wildman–Crippen MR) is 42.3 cm³/mol. The molecule has 1 nitrogen and oxygen atoms in total. The van der Waals surface area contributed by atoms with Gasteiger partial charge in [-0.2, -0.15) is 0 Å². The van der Waals surface area contributed by atoms with Crippen LogP contribution in [0, 0.1) is 6.07 Å². The highest BCUT2D eigenvalue weighted by molar-refractivity contribution is 7.17. The third kappa shape index (κ3) is 0.693. The first kappa shape index (κ1) is 5.74. The van der Waals surface area contributed by atoms with Crippen LogP contribution < -0.4 is 0 Å². The smallest absolute Gasteiger partial charge is 0.134 e. The number of fused-ring (bicyclic) bond motifs is 1. The van der Waals surface area contributed by atoms with E-state index < -0.39 is 0 Å². The zero-order chi connectivity index (χ0) is 6.97. The van der Waals surface area contributed by atoms with Gasteiger partial charge < -0.3 is 5.11 Å². The quantitative estimate of drug-likeness (QED) is 0.609. The second kappa shape index (κ2) is 1.99. The molecule has 2 heteroatoms. The number of aromatic hydroxyl groups is 1. The zero-order valence-corrected chi connectivity index (χ0v) is 5.98. The van der Waals surface area contributed by atoms with Crippen molar-refractivity contribution in [3.8, 4) is 5.75 Å². The Kier molecular flexibility index (Phi) is 1.14. The van der Waals surface area contributed by atoms with Gasteiger partial charge in [0.25, 0.3) is 0 Å². The molecule has 0 aliphatic carbocycles. The molecule has 0 fully saturated rings. The van der Waals surface area contributed by atoms with E-state index >= 15 is 0 Å². The van der Waals surface area contributed by atoms with Crippen LogP contribution in [-0.2, 0) is 0 Å². The summed E-state index contributed by atoms with van der Waals surface area (Å²) < 4.78 is 1.11. The summed E-state index contributed by atoms with van der Waals surface area (Å²) in [4.78, 5) is 0. The molecule has 0 atom stereocenters. The molecule has 2 rings (SSSR count). The van der Waals surface area contributed by atoms with E-state index in [1.807, 2.05) is 12.1 Å². The summed E-state index contributed by atoms with van der Waals surface area (Å²) in [6.07, 6.45) is 0. The van der Waals surface area contributed by atoms with Crippen molar-refractivity contribution < 1.29 is 5.11 Å². The van der Waals surface area contributed by atoms with E-state index in [4.69, 9.17) is 0 Å². The van der Waals surface area contributed by atoms with Crippen LogP contribution in [0.3, 0.4) is 0 Å². The van der Waals surface area contributed by atoms with Gasteiger partial charge in [-0.05, 0) is 18.2 Å². The van der Waals surface area contributed by atoms with Gasteiger partial charge in [0.15, 0.2) is 0 Å². The standard InChI is InChI=1S/C8H5OS/c9-7-5-10-8-4-2-1-3-6(7)8/h2-5,9H. The maximum absolute atomic E-state index is 9.20. The summed E-state index contributed by atoms with van der Waals surface area (Å²) >= 11 is 1.54. The average Bonchev–Trinajstić information content (AvgIpc) is 2.34. The minimum Gasteiger partial charge on any atom is -0.506 e. The molecule has 1 aromatic heterocycles. The number of thiophene rings is 1. The molecule has 1 heterocycles. The highest BCUT2D eigenvalue weighted by Crippen LogP contribution is 2.29. The van der Waals surface area contributed by atoms with Crippen LogP contribution in [-0.4, -0.2) is 5.11 Å². The fourth-order valence-electron chi connectivity index (χ4n) is 0.902. The fraction of sp³-hybridized carbons (Fsp3) is 0. The predicted octanol–water partition coefficient (Wildman–Crippen LogP) is 2.41. The van der Waals surface area contributed by atoms with Gasteiger partial charge in [0.1, 0.15) is 5.75 Å². The van der Waals surface area contributed by atoms with Crippen molar-refractivity contribution in [3.63, 3.8) is 0 Å². The Morgan fingerprint density at radius 1 is 1.50 bits per heavy atom. The Balaban J connectivity index is 2.93. The van der Waals surface area contributed by atoms with Gasteiger partial charge in [0.05, 0.1) is 0 Å². The van der Waals surface area contributed by atoms with Gasteiger partial charge in [0, 0.05) is 15.5 Å². The van der Waals surface area contributed by atoms with E-state index in [9.17, 15) is 5.11 Å². The molecular weight excluding hydrogens is 144 g/mol. The molecule has 0 spiro atoms. The van der Waals surface area contributed by atoms with Crippen molar-refractivity contribution in [2.45, 2.75) is 0 Å². The molecular formula is C8H5OS. The van der Waals surface area contributed by atoms with Gasteiger partial charge in [-0.1, -0.05) is 6.07 Å². The SMILES string of the molecule is Oc1csc2cc[c]cc12. The highest BCUT2D eigenvalue weighted by Gasteiger charge is 1.98. The topological polar surface area (TPSA) is 20.2 Å². The van der Waals surface area contributed by atoms with Crippen molar-refractivity contribution in [1.29, 1.82) is 0 Å². The highest BCUT2D eigenvalue weighted by atomic mass is 32.1. The monoisotopic (exact) mass is 149 g/mol. The summed E-state index contributed by atoms with van der Waals surface area (Å²) in [6.45, 7) is 0. The summed E-state index contributed by atoms with van der Waals surface area (Å²) in [5.41, 5.74) is 0. The van der Waals surface area contributed by atoms with Gasteiger partial charge in [0.2, 0.25) is 0 Å². The first-order valence-electron chi connectivity index (χ1n) is 2.94. The number of hydrogen-bond donors (Lipinski definition) is 1. The molecule has 10 heavy (non-hydrogen) atoms. The largest absolute Gasteiger partial charge is 0.506 e. The summed E-state index contributed by atoms with van der Waals surface area (Å²) in [5, 5.41) is 11.8. The zero-order valence-electron chi connectivity index (χ0n) is 5.16. The molecule has 1 N–H and O–H groups in total. The van der Waals surface area contributed by atoms with Crippen LogP contribution in [0.15, 0.2) is 23.6 Å². The van der Waals surface area contributed by atoms with Crippen molar-refractivity contribution in [3.05, 3.63) is 29.6 Å². The van der Waals surface area contributed by atoms with E-state index in [-0.39, 0.29) is 0 Å². The fourth-order valence-corrected chi connectivity index (χ4v) is 1.70. The third-order valence-corrected chi connectivity index (χ3v) is 2.35. The van der Waals surface area contributed by atoms with Crippen LogP contribution in [0.5, 0.6) is 5.75 Å². The average molecular weight is 149 g/mol. The number of rotatable bonds is 0. The molecule has 0 aliphatic heterocycles. The Bertz CT molecular complexity index is 351. The Morgan fingerprint density at radius 2 is 2.40 bits per heavy atom. The minimum absolute atomic E-state index is 0.358. The van der Waals surface area contributed by atoms with Gasteiger partial charge >= 0.3 is 0 Å². The summed E-state index contributed by atoms with van der Waals surface area (Å²) in [5.74, 6) is 0.358. The first-order valence-corrected chi connectivity index (χ1v) is 3.82. The molecule has 0 saturated heterocycles. The van der Waals surface area contributed by atoms with Crippen molar-refractivity contribution in [2.75, 3.05) is 0 Å². The van der Waals surface area contributed by atoms with E-state index in [2.05, 4.69) is 6.07 Å².